The molecule has 2 heteroatoms. The molecular formula is C67H62N2. The molecule has 2 unspecified atom stereocenters. The largest absolute Gasteiger partial charge is 0.311 e. The molecule has 11 rings (SSSR count). The quantitative estimate of drug-likeness (QED) is 0.135. The van der Waals surface area contributed by atoms with E-state index in [2.05, 4.69) is 275 Å². The summed E-state index contributed by atoms with van der Waals surface area (Å²) in [6, 6.07) is 85.5. The van der Waals surface area contributed by atoms with Gasteiger partial charge in [-0.3, -0.25) is 0 Å². The van der Waals surface area contributed by atoms with Crippen molar-refractivity contribution in [2.45, 2.75) is 71.1 Å². The van der Waals surface area contributed by atoms with Gasteiger partial charge in [-0.25, -0.2) is 0 Å². The molecule has 0 amide bonds. The Hall–Kier alpha value is -7.42. The molecule has 2 aliphatic carbocycles. The Bertz CT molecular complexity index is 3150. The van der Waals surface area contributed by atoms with Gasteiger partial charge >= 0.3 is 0 Å². The Balaban J connectivity index is 1.01. The van der Waals surface area contributed by atoms with Gasteiger partial charge in [0.25, 0.3) is 0 Å². The maximum atomic E-state index is 2.47. The first-order chi connectivity index (χ1) is 33.6. The second kappa shape index (κ2) is 17.9. The van der Waals surface area contributed by atoms with E-state index in [0.29, 0.717) is 5.92 Å². The maximum Gasteiger partial charge on any atom is 0.0465 e. The summed E-state index contributed by atoms with van der Waals surface area (Å²) in [5.41, 5.74) is 20.0. The molecule has 2 atom stereocenters. The lowest BCUT2D eigenvalue weighted by Crippen LogP contribution is -2.38. The number of anilines is 6. The summed E-state index contributed by atoms with van der Waals surface area (Å²) < 4.78 is 0. The SMILES string of the molecule is CC1(C)c2cc(N(c3ccc(-c4ccccc4)cc3)c3ccc(C4(c5ccc(N(c6ccccc6)c6ccccc6)cc5)CCCC(C(C)(C)C)C4)cc3)ccc2-c2c(-c3ccccc3)cccc21. The predicted molar refractivity (Wildman–Crippen MR) is 293 cm³/mol. The molecule has 0 aliphatic heterocycles. The van der Waals surface area contributed by atoms with Crippen molar-refractivity contribution in [2.24, 2.45) is 11.3 Å². The molecule has 9 aromatic rings. The number of nitrogens with zero attached hydrogens (tertiary/aromatic N) is 2. The van der Waals surface area contributed by atoms with Gasteiger partial charge in [0.05, 0.1) is 0 Å². The minimum absolute atomic E-state index is 0.125. The van der Waals surface area contributed by atoms with E-state index in [1.54, 1.807) is 0 Å². The molecule has 0 bridgehead atoms. The molecule has 0 aromatic heterocycles. The Morgan fingerprint density at radius 1 is 0.406 bits per heavy atom. The summed E-state index contributed by atoms with van der Waals surface area (Å²) in [6.45, 7) is 12.1. The van der Waals surface area contributed by atoms with Crippen molar-refractivity contribution in [3.63, 3.8) is 0 Å². The second-order valence-electron chi connectivity index (χ2n) is 21.0. The number of rotatable bonds is 10. The first-order valence-electron chi connectivity index (χ1n) is 25.0. The molecule has 0 radical (unpaired) electrons. The van der Waals surface area contributed by atoms with Crippen molar-refractivity contribution in [1.82, 2.24) is 0 Å². The van der Waals surface area contributed by atoms with Gasteiger partial charge in [0.1, 0.15) is 0 Å². The number of benzene rings is 9. The fraction of sp³-hybridized carbons (Fsp3) is 0.194. The lowest BCUT2D eigenvalue weighted by Gasteiger charge is -2.46. The molecule has 0 heterocycles. The third kappa shape index (κ3) is 8.16. The van der Waals surface area contributed by atoms with Crippen LogP contribution >= 0.6 is 0 Å². The maximum absolute atomic E-state index is 2.47. The lowest BCUT2D eigenvalue weighted by atomic mass is 9.58. The van der Waals surface area contributed by atoms with Crippen LogP contribution in [0.5, 0.6) is 0 Å². The summed E-state index contributed by atoms with van der Waals surface area (Å²) in [6.07, 6.45) is 4.70. The van der Waals surface area contributed by atoms with Crippen LogP contribution in [0.4, 0.5) is 34.1 Å². The van der Waals surface area contributed by atoms with Gasteiger partial charge in [-0.2, -0.15) is 0 Å². The van der Waals surface area contributed by atoms with Crippen LogP contribution in [0.25, 0.3) is 33.4 Å². The fourth-order valence-electron chi connectivity index (χ4n) is 11.8. The summed E-state index contributed by atoms with van der Waals surface area (Å²) in [5, 5.41) is 0. The van der Waals surface area contributed by atoms with Gasteiger partial charge in [-0.05, 0) is 159 Å². The highest BCUT2D eigenvalue weighted by Crippen LogP contribution is 2.55. The average Bonchev–Trinajstić information content (AvgIpc) is 3.63. The van der Waals surface area contributed by atoms with E-state index < -0.39 is 0 Å². The molecule has 1 saturated carbocycles. The molecule has 340 valence electrons. The minimum Gasteiger partial charge on any atom is -0.311 e. The highest BCUT2D eigenvalue weighted by Gasteiger charge is 2.43. The average molecular weight is 895 g/mol. The summed E-state index contributed by atoms with van der Waals surface area (Å²) in [5.74, 6) is 0.594. The van der Waals surface area contributed by atoms with Gasteiger partial charge in [-0.15, -0.1) is 0 Å². The standard InChI is InChI=1S/C67H62N2/c1-65(2,3)53-24-19-45-67(47-53,51-33-39-57(40-34-51)68(54-25-14-8-15-26-54)55-27-16-9-17-28-55)52-35-41-58(42-36-52)69(56-37-31-49(32-38-56)48-20-10-6-11-21-48)59-43-44-61-63(46-59)66(4,5)62-30-18-29-60(64(61)62)50-22-12-7-13-23-50/h6-18,20-23,25-44,46,53H,19,24,45,47H2,1-5H3. The topological polar surface area (TPSA) is 6.48 Å². The Labute approximate surface area is 410 Å². The Morgan fingerprint density at radius 3 is 1.39 bits per heavy atom. The van der Waals surface area contributed by atoms with E-state index in [1.807, 2.05) is 0 Å². The molecular weight excluding hydrogens is 833 g/mol. The molecule has 2 aliphatic rings. The van der Waals surface area contributed by atoms with Gasteiger partial charge in [0, 0.05) is 45.0 Å². The number of para-hydroxylation sites is 2. The zero-order valence-electron chi connectivity index (χ0n) is 40.7. The monoisotopic (exact) mass is 894 g/mol. The normalized spacial score (nSPS) is 17.1. The fourth-order valence-corrected chi connectivity index (χ4v) is 11.8. The van der Waals surface area contributed by atoms with Crippen LogP contribution in [0.1, 0.15) is 82.6 Å². The van der Waals surface area contributed by atoms with E-state index >= 15 is 0 Å². The van der Waals surface area contributed by atoms with Crippen molar-refractivity contribution in [3.8, 4) is 33.4 Å². The van der Waals surface area contributed by atoms with Crippen LogP contribution in [0.2, 0.25) is 0 Å². The van der Waals surface area contributed by atoms with E-state index in [0.717, 1.165) is 47.0 Å². The van der Waals surface area contributed by atoms with Gasteiger partial charge < -0.3 is 9.80 Å². The van der Waals surface area contributed by atoms with Crippen LogP contribution in [0.3, 0.4) is 0 Å². The van der Waals surface area contributed by atoms with Crippen molar-refractivity contribution < 1.29 is 0 Å². The van der Waals surface area contributed by atoms with E-state index in [1.165, 1.54) is 68.5 Å². The molecule has 0 spiro atoms. The molecule has 69 heavy (non-hydrogen) atoms. The number of hydrogen-bond acceptors (Lipinski definition) is 2. The van der Waals surface area contributed by atoms with Crippen LogP contribution < -0.4 is 9.80 Å². The Kier molecular flexibility index (Phi) is 11.4. The highest BCUT2D eigenvalue weighted by atomic mass is 15.1. The molecule has 1 fully saturated rings. The third-order valence-electron chi connectivity index (χ3n) is 15.6. The van der Waals surface area contributed by atoms with Crippen molar-refractivity contribution >= 4 is 34.1 Å². The molecule has 2 nitrogen and oxygen atoms in total. The predicted octanol–water partition coefficient (Wildman–Crippen LogP) is 18.8. The second-order valence-corrected chi connectivity index (χ2v) is 21.0. The van der Waals surface area contributed by atoms with Crippen LogP contribution in [0.15, 0.2) is 231 Å². The van der Waals surface area contributed by atoms with Crippen molar-refractivity contribution in [3.05, 3.63) is 253 Å². The van der Waals surface area contributed by atoms with Crippen molar-refractivity contribution in [2.75, 3.05) is 9.80 Å². The van der Waals surface area contributed by atoms with Crippen molar-refractivity contribution in [1.29, 1.82) is 0 Å². The van der Waals surface area contributed by atoms with E-state index in [4.69, 9.17) is 0 Å². The zero-order chi connectivity index (χ0) is 47.2. The van der Waals surface area contributed by atoms with E-state index in [-0.39, 0.29) is 16.2 Å². The van der Waals surface area contributed by atoms with Gasteiger partial charge in [-0.1, -0.05) is 199 Å². The highest BCUT2D eigenvalue weighted by molar-refractivity contribution is 5.94. The minimum atomic E-state index is -0.177. The number of hydrogen-bond donors (Lipinski definition) is 0. The summed E-state index contributed by atoms with van der Waals surface area (Å²) in [7, 11) is 0. The lowest BCUT2D eigenvalue weighted by molar-refractivity contribution is 0.137. The van der Waals surface area contributed by atoms with Crippen LogP contribution in [0, 0.1) is 11.3 Å². The van der Waals surface area contributed by atoms with E-state index in [9.17, 15) is 0 Å². The smallest absolute Gasteiger partial charge is 0.0465 e. The Morgan fingerprint density at radius 2 is 0.855 bits per heavy atom. The number of fused-ring (bicyclic) bond motifs is 3. The van der Waals surface area contributed by atoms with Gasteiger partial charge in [0.2, 0.25) is 0 Å². The first-order valence-corrected chi connectivity index (χ1v) is 25.0. The third-order valence-corrected chi connectivity index (χ3v) is 15.6. The first kappa shape index (κ1) is 44.1. The zero-order valence-corrected chi connectivity index (χ0v) is 40.7. The van der Waals surface area contributed by atoms with Crippen LogP contribution in [-0.2, 0) is 10.8 Å². The summed E-state index contributed by atoms with van der Waals surface area (Å²) in [4.78, 5) is 4.84. The molecule has 0 saturated heterocycles. The van der Waals surface area contributed by atoms with Gasteiger partial charge in [0.15, 0.2) is 0 Å². The molecule has 9 aromatic carbocycles. The molecule has 0 N–H and O–H groups in total. The van der Waals surface area contributed by atoms with Crippen LogP contribution in [-0.4, -0.2) is 0 Å². The summed E-state index contributed by atoms with van der Waals surface area (Å²) >= 11 is 0.